The fourth-order valence-corrected chi connectivity index (χ4v) is 4.18. The van der Waals surface area contributed by atoms with Crippen LogP contribution in [0.2, 0.25) is 0 Å². The predicted octanol–water partition coefficient (Wildman–Crippen LogP) is 9.95. The molecule has 0 saturated carbocycles. The van der Waals surface area contributed by atoms with Crippen LogP contribution in [0.25, 0.3) is 6.08 Å². The van der Waals surface area contributed by atoms with Crippen LogP contribution in [0.5, 0.6) is 11.5 Å². The number of phenols is 2. The van der Waals surface area contributed by atoms with Crippen molar-refractivity contribution in [1.29, 1.82) is 0 Å². The molecule has 0 amide bonds. The second-order valence-electron chi connectivity index (χ2n) is 11.5. The van der Waals surface area contributed by atoms with E-state index in [0.717, 1.165) is 40.7 Å². The summed E-state index contributed by atoms with van der Waals surface area (Å²) in [6.07, 6.45) is 15.9. The summed E-state index contributed by atoms with van der Waals surface area (Å²) in [5.74, 6) is 0.977. The minimum Gasteiger partial charge on any atom is -0.507 e. The highest BCUT2D eigenvalue weighted by Crippen LogP contribution is 2.32. The van der Waals surface area contributed by atoms with Crippen LogP contribution in [-0.4, -0.2) is 10.2 Å². The van der Waals surface area contributed by atoms with Gasteiger partial charge in [0.1, 0.15) is 11.5 Å². The highest BCUT2D eigenvalue weighted by atomic mass is 16.3. The van der Waals surface area contributed by atoms with Gasteiger partial charge in [-0.3, -0.25) is 0 Å². The van der Waals surface area contributed by atoms with E-state index >= 15 is 0 Å². The second-order valence-corrected chi connectivity index (χ2v) is 11.5. The van der Waals surface area contributed by atoms with Crippen molar-refractivity contribution >= 4 is 6.08 Å². The first-order valence-electron chi connectivity index (χ1n) is 13.8. The number of phenolic OH excluding ortho intramolecular Hbond substituents is 2. The molecule has 1 unspecified atom stereocenters. The molecule has 2 nitrogen and oxygen atoms in total. The summed E-state index contributed by atoms with van der Waals surface area (Å²) >= 11 is 0. The molecule has 38 heavy (non-hydrogen) atoms. The molecule has 2 heteroatoms. The topological polar surface area (TPSA) is 40.5 Å². The molecule has 2 N–H and O–H groups in total. The molecule has 0 heterocycles. The fraction of sp³-hybridized carbons (Fsp3) is 0.389. The van der Waals surface area contributed by atoms with E-state index < -0.39 is 0 Å². The van der Waals surface area contributed by atoms with Gasteiger partial charge in [0.05, 0.1) is 0 Å². The smallest absolute Gasteiger partial charge is 0.122 e. The summed E-state index contributed by atoms with van der Waals surface area (Å²) in [5, 5.41) is 21.9. The third kappa shape index (κ3) is 9.89. The Hall–Kier alpha value is -3.26. The molecular formula is C36H48O2. The van der Waals surface area contributed by atoms with Gasteiger partial charge in [-0.25, -0.2) is 0 Å². The lowest BCUT2D eigenvalue weighted by atomic mass is 9.91. The monoisotopic (exact) mass is 512 g/mol. The van der Waals surface area contributed by atoms with Gasteiger partial charge in [-0.05, 0) is 133 Å². The SMILES string of the molecule is CC(C)=CCc1cc(C=CC(C)c2cc(CC=C(C)C)c(O)c(CC=C(C)C)c2)cc(CC=C(C)C)c1O. The number of allylic oxidation sites excluding steroid dienone is 9. The first-order valence-corrected chi connectivity index (χ1v) is 13.8. The summed E-state index contributed by atoms with van der Waals surface area (Å²) in [7, 11) is 0. The van der Waals surface area contributed by atoms with Gasteiger partial charge in [0.25, 0.3) is 0 Å². The van der Waals surface area contributed by atoms with Crippen molar-refractivity contribution in [3.8, 4) is 11.5 Å². The molecule has 0 fully saturated rings. The molecule has 204 valence electrons. The van der Waals surface area contributed by atoms with Crippen LogP contribution >= 0.6 is 0 Å². The van der Waals surface area contributed by atoms with Crippen LogP contribution in [0, 0.1) is 0 Å². The molecule has 0 aliphatic rings. The van der Waals surface area contributed by atoms with E-state index in [-0.39, 0.29) is 5.92 Å². The Bertz CT molecular complexity index is 1170. The summed E-state index contributed by atoms with van der Waals surface area (Å²) < 4.78 is 0. The van der Waals surface area contributed by atoms with Crippen molar-refractivity contribution in [2.24, 2.45) is 0 Å². The third-order valence-electron chi connectivity index (χ3n) is 6.60. The average Bonchev–Trinajstić information content (AvgIpc) is 2.84. The maximum absolute atomic E-state index is 11.0. The van der Waals surface area contributed by atoms with Crippen LogP contribution in [0.1, 0.15) is 102 Å². The summed E-state index contributed by atoms with van der Waals surface area (Å²) in [6.45, 7) is 18.9. The Balaban J connectivity index is 2.49. The predicted molar refractivity (Wildman–Crippen MR) is 166 cm³/mol. The summed E-state index contributed by atoms with van der Waals surface area (Å²) in [6, 6.07) is 8.49. The van der Waals surface area contributed by atoms with Gasteiger partial charge in [0.2, 0.25) is 0 Å². The maximum Gasteiger partial charge on any atom is 0.122 e. The highest BCUT2D eigenvalue weighted by Gasteiger charge is 2.13. The molecule has 0 radical (unpaired) electrons. The van der Waals surface area contributed by atoms with Crippen LogP contribution in [0.4, 0.5) is 0 Å². The first-order chi connectivity index (χ1) is 17.9. The van der Waals surface area contributed by atoms with Gasteiger partial charge in [-0.15, -0.1) is 0 Å². The zero-order chi connectivity index (χ0) is 28.4. The van der Waals surface area contributed by atoms with Gasteiger partial charge in [0.15, 0.2) is 0 Å². The quantitative estimate of drug-likeness (QED) is 0.294. The van der Waals surface area contributed by atoms with E-state index in [9.17, 15) is 10.2 Å². The fourth-order valence-electron chi connectivity index (χ4n) is 4.18. The molecule has 0 aliphatic carbocycles. The number of benzene rings is 2. The Morgan fingerprint density at radius 2 is 0.895 bits per heavy atom. The van der Waals surface area contributed by atoms with E-state index in [1.807, 2.05) is 0 Å². The zero-order valence-corrected chi connectivity index (χ0v) is 25.1. The number of rotatable bonds is 11. The van der Waals surface area contributed by atoms with Crippen molar-refractivity contribution in [2.45, 2.75) is 93.9 Å². The normalized spacial score (nSPS) is 11.7. The molecule has 0 aliphatic heterocycles. The molecule has 0 aromatic heterocycles. The lowest BCUT2D eigenvalue weighted by Crippen LogP contribution is -1.98. The van der Waals surface area contributed by atoms with Crippen LogP contribution < -0.4 is 0 Å². The van der Waals surface area contributed by atoms with Crippen LogP contribution in [-0.2, 0) is 25.7 Å². The van der Waals surface area contributed by atoms with E-state index in [1.165, 1.54) is 27.9 Å². The Kier molecular flexibility index (Phi) is 11.9. The lowest BCUT2D eigenvalue weighted by molar-refractivity contribution is 0.463. The maximum atomic E-state index is 11.0. The summed E-state index contributed by atoms with van der Waals surface area (Å²) in [5.41, 5.74) is 11.1. The number of hydrogen-bond donors (Lipinski definition) is 2. The van der Waals surface area contributed by atoms with E-state index in [0.29, 0.717) is 24.3 Å². The Morgan fingerprint density at radius 3 is 1.21 bits per heavy atom. The highest BCUT2D eigenvalue weighted by molar-refractivity contribution is 5.58. The number of aromatic hydroxyl groups is 2. The Labute approximate surface area is 231 Å². The van der Waals surface area contributed by atoms with Gasteiger partial charge in [-0.1, -0.05) is 77.8 Å². The second kappa shape index (κ2) is 14.6. The minimum absolute atomic E-state index is 0.169. The van der Waals surface area contributed by atoms with Gasteiger partial charge in [-0.2, -0.15) is 0 Å². The van der Waals surface area contributed by atoms with Crippen molar-refractivity contribution in [3.05, 3.63) is 110 Å². The largest absolute Gasteiger partial charge is 0.507 e. The van der Waals surface area contributed by atoms with Crippen molar-refractivity contribution < 1.29 is 10.2 Å². The van der Waals surface area contributed by atoms with Crippen molar-refractivity contribution in [2.75, 3.05) is 0 Å². The first kappa shape index (κ1) is 31.0. The van der Waals surface area contributed by atoms with Crippen molar-refractivity contribution in [3.63, 3.8) is 0 Å². The van der Waals surface area contributed by atoms with Crippen LogP contribution in [0.15, 0.2) is 76.9 Å². The molecule has 0 spiro atoms. The van der Waals surface area contributed by atoms with Gasteiger partial charge in [0, 0.05) is 0 Å². The lowest BCUT2D eigenvalue weighted by Gasteiger charge is -2.15. The molecule has 2 aromatic rings. The minimum atomic E-state index is 0.169. The molecule has 0 saturated heterocycles. The molecule has 1 atom stereocenters. The van der Waals surface area contributed by atoms with Crippen LogP contribution in [0.3, 0.4) is 0 Å². The van der Waals surface area contributed by atoms with Gasteiger partial charge < -0.3 is 10.2 Å². The summed E-state index contributed by atoms with van der Waals surface area (Å²) in [4.78, 5) is 0. The van der Waals surface area contributed by atoms with Gasteiger partial charge >= 0.3 is 0 Å². The zero-order valence-electron chi connectivity index (χ0n) is 25.1. The van der Waals surface area contributed by atoms with E-state index in [2.05, 4.69) is 123 Å². The molecule has 2 rings (SSSR count). The Morgan fingerprint density at radius 1 is 0.579 bits per heavy atom. The molecular weight excluding hydrogens is 464 g/mol. The average molecular weight is 513 g/mol. The number of hydrogen-bond acceptors (Lipinski definition) is 2. The standard InChI is InChI=1S/C36H48O2/c1-24(2)10-16-30-20-29(21-31(35(30)37)17-11-25(3)4)15-14-28(9)34-22-32(18-12-26(5)6)36(38)33(23-34)19-13-27(7)8/h10-15,20-23,28,37-38H,16-19H2,1-9H3. The molecule has 0 bridgehead atoms. The molecule has 2 aromatic carbocycles. The van der Waals surface area contributed by atoms with E-state index in [4.69, 9.17) is 0 Å². The van der Waals surface area contributed by atoms with Crippen molar-refractivity contribution in [1.82, 2.24) is 0 Å². The third-order valence-corrected chi connectivity index (χ3v) is 6.60. The van der Waals surface area contributed by atoms with E-state index in [1.54, 1.807) is 0 Å².